The number of rotatable bonds is 3. The highest BCUT2D eigenvalue weighted by Gasteiger charge is 2.21. The summed E-state index contributed by atoms with van der Waals surface area (Å²) in [4.78, 5) is 25.3. The summed E-state index contributed by atoms with van der Waals surface area (Å²) < 4.78 is 1.85. The molecule has 6 heteroatoms. The third-order valence-electron chi connectivity index (χ3n) is 3.83. The summed E-state index contributed by atoms with van der Waals surface area (Å²) in [7, 11) is 3.62. The molecule has 0 N–H and O–H groups in total. The Kier molecular flexibility index (Phi) is 4.00. The van der Waals surface area contributed by atoms with Gasteiger partial charge in [0.25, 0.3) is 5.91 Å². The van der Waals surface area contributed by atoms with Gasteiger partial charge in [0.1, 0.15) is 11.5 Å². The van der Waals surface area contributed by atoms with E-state index in [-0.39, 0.29) is 5.91 Å². The molecule has 0 radical (unpaired) electrons. The molecule has 0 fully saturated rings. The Morgan fingerprint density at radius 2 is 2.09 bits per heavy atom. The predicted octanol–water partition coefficient (Wildman–Crippen LogP) is 3.44. The van der Waals surface area contributed by atoms with Gasteiger partial charge in [0.05, 0.1) is 18.1 Å². The minimum Gasteiger partial charge on any atom is -0.323 e. The number of nitrogens with zero attached hydrogens (tertiary/aromatic N) is 4. The van der Waals surface area contributed by atoms with Crippen LogP contribution in [0.15, 0.2) is 36.8 Å². The number of aromatic nitrogens is 3. The fourth-order valence-corrected chi connectivity index (χ4v) is 3.47. The molecule has 0 bridgehead atoms. The molecule has 0 saturated carbocycles. The minimum absolute atomic E-state index is 0.108. The van der Waals surface area contributed by atoms with Crippen molar-refractivity contribution in [1.29, 1.82) is 0 Å². The third kappa shape index (κ3) is 2.77. The van der Waals surface area contributed by atoms with Gasteiger partial charge in [0, 0.05) is 35.6 Å². The summed E-state index contributed by atoms with van der Waals surface area (Å²) in [6.07, 6.45) is 4.99. The van der Waals surface area contributed by atoms with E-state index in [1.165, 1.54) is 9.75 Å². The van der Waals surface area contributed by atoms with Crippen LogP contribution in [0, 0.1) is 13.8 Å². The topological polar surface area (TPSA) is 51.0 Å². The normalized spacial score (nSPS) is 10.8. The second-order valence-electron chi connectivity index (χ2n) is 5.43. The van der Waals surface area contributed by atoms with Crippen molar-refractivity contribution in [3.63, 3.8) is 0 Å². The summed E-state index contributed by atoms with van der Waals surface area (Å²) in [5.41, 5.74) is 2.38. The standard InChI is InChI=1S/C17H18N4OS/c1-11-8-14(12(2)23-11)16-19-10-15(21(16)4)17(22)20(3)13-6-5-7-18-9-13/h5-10H,1-4H3. The molecule has 0 aliphatic carbocycles. The summed E-state index contributed by atoms with van der Waals surface area (Å²) in [5.74, 6) is 0.707. The van der Waals surface area contributed by atoms with Crippen LogP contribution in [0.25, 0.3) is 11.4 Å². The van der Waals surface area contributed by atoms with Crippen LogP contribution in [0.4, 0.5) is 5.69 Å². The van der Waals surface area contributed by atoms with E-state index in [1.807, 2.05) is 23.7 Å². The van der Waals surface area contributed by atoms with Gasteiger partial charge >= 0.3 is 0 Å². The molecule has 3 rings (SSSR count). The first-order valence-electron chi connectivity index (χ1n) is 7.26. The monoisotopic (exact) mass is 326 g/mol. The predicted molar refractivity (Wildman–Crippen MR) is 93.0 cm³/mol. The molecule has 5 nitrogen and oxygen atoms in total. The summed E-state index contributed by atoms with van der Waals surface area (Å²) in [6, 6.07) is 5.78. The number of amides is 1. The van der Waals surface area contributed by atoms with Crippen molar-refractivity contribution >= 4 is 22.9 Å². The minimum atomic E-state index is -0.108. The van der Waals surface area contributed by atoms with Gasteiger partial charge in [-0.1, -0.05) is 0 Å². The van der Waals surface area contributed by atoms with Crippen molar-refractivity contribution in [2.45, 2.75) is 13.8 Å². The van der Waals surface area contributed by atoms with Crippen molar-refractivity contribution in [2.24, 2.45) is 7.05 Å². The highest BCUT2D eigenvalue weighted by molar-refractivity contribution is 7.12. The van der Waals surface area contributed by atoms with E-state index >= 15 is 0 Å². The fourth-order valence-electron chi connectivity index (χ4n) is 2.55. The highest BCUT2D eigenvalue weighted by Crippen LogP contribution is 2.30. The molecular formula is C17H18N4OS. The van der Waals surface area contributed by atoms with Crippen LogP contribution in [0.1, 0.15) is 20.2 Å². The summed E-state index contributed by atoms with van der Waals surface area (Å²) in [5, 5.41) is 0. The van der Waals surface area contributed by atoms with E-state index in [9.17, 15) is 4.79 Å². The van der Waals surface area contributed by atoms with E-state index in [4.69, 9.17) is 0 Å². The second kappa shape index (κ2) is 5.96. The average molecular weight is 326 g/mol. The van der Waals surface area contributed by atoms with Gasteiger partial charge in [-0.2, -0.15) is 0 Å². The first-order valence-corrected chi connectivity index (χ1v) is 8.08. The Balaban J connectivity index is 1.96. The average Bonchev–Trinajstić information content (AvgIpc) is 3.08. The maximum Gasteiger partial charge on any atom is 0.276 e. The molecule has 3 aromatic rings. The molecule has 0 aromatic carbocycles. The van der Waals surface area contributed by atoms with Crippen molar-refractivity contribution in [3.05, 3.63) is 52.2 Å². The Bertz CT molecular complexity index is 851. The Morgan fingerprint density at radius 1 is 1.30 bits per heavy atom. The fraction of sp³-hybridized carbons (Fsp3) is 0.235. The summed E-state index contributed by atoms with van der Waals surface area (Å²) >= 11 is 1.74. The quantitative estimate of drug-likeness (QED) is 0.741. The van der Waals surface area contributed by atoms with E-state index in [1.54, 1.807) is 41.9 Å². The lowest BCUT2D eigenvalue weighted by Crippen LogP contribution is -2.28. The molecule has 0 aliphatic rings. The maximum absolute atomic E-state index is 12.7. The van der Waals surface area contributed by atoms with Crippen LogP contribution >= 0.6 is 11.3 Å². The maximum atomic E-state index is 12.7. The molecule has 23 heavy (non-hydrogen) atoms. The number of thiophene rings is 1. The zero-order valence-electron chi connectivity index (χ0n) is 13.6. The largest absolute Gasteiger partial charge is 0.323 e. The zero-order valence-corrected chi connectivity index (χ0v) is 14.4. The van der Waals surface area contributed by atoms with Crippen molar-refractivity contribution in [2.75, 3.05) is 11.9 Å². The molecule has 0 spiro atoms. The lowest BCUT2D eigenvalue weighted by atomic mass is 10.2. The van der Waals surface area contributed by atoms with Crippen LogP contribution in [-0.2, 0) is 7.05 Å². The molecular weight excluding hydrogens is 308 g/mol. The molecule has 0 aliphatic heterocycles. The molecule has 0 atom stereocenters. The van der Waals surface area contributed by atoms with Gasteiger partial charge < -0.3 is 9.47 Å². The molecule has 118 valence electrons. The van der Waals surface area contributed by atoms with Crippen LogP contribution in [0.2, 0.25) is 0 Å². The van der Waals surface area contributed by atoms with Crippen LogP contribution < -0.4 is 4.90 Å². The van der Waals surface area contributed by atoms with Crippen molar-refractivity contribution < 1.29 is 4.79 Å². The lowest BCUT2D eigenvalue weighted by molar-refractivity contribution is 0.0985. The van der Waals surface area contributed by atoms with E-state index < -0.39 is 0 Å². The Morgan fingerprint density at radius 3 is 2.70 bits per heavy atom. The van der Waals surface area contributed by atoms with Gasteiger partial charge in [0.15, 0.2) is 0 Å². The SMILES string of the molecule is Cc1cc(-c2ncc(C(=O)N(C)c3cccnc3)n2C)c(C)s1. The van der Waals surface area contributed by atoms with Crippen molar-refractivity contribution in [3.8, 4) is 11.4 Å². The number of aryl methyl sites for hydroxylation is 2. The second-order valence-corrected chi connectivity index (χ2v) is 6.89. The van der Waals surface area contributed by atoms with E-state index in [2.05, 4.69) is 29.9 Å². The number of pyridine rings is 1. The van der Waals surface area contributed by atoms with Gasteiger partial charge in [-0.15, -0.1) is 11.3 Å². The van der Waals surface area contributed by atoms with Gasteiger partial charge in [-0.05, 0) is 32.0 Å². The van der Waals surface area contributed by atoms with Gasteiger partial charge in [-0.3, -0.25) is 9.78 Å². The smallest absolute Gasteiger partial charge is 0.276 e. The van der Waals surface area contributed by atoms with E-state index in [0.29, 0.717) is 5.69 Å². The number of carbonyl (C=O) groups excluding carboxylic acids is 1. The highest BCUT2D eigenvalue weighted by atomic mass is 32.1. The molecule has 3 aromatic heterocycles. The number of carbonyl (C=O) groups is 1. The lowest BCUT2D eigenvalue weighted by Gasteiger charge is -2.17. The van der Waals surface area contributed by atoms with Crippen molar-refractivity contribution in [1.82, 2.24) is 14.5 Å². The number of hydrogen-bond acceptors (Lipinski definition) is 4. The van der Waals surface area contributed by atoms with E-state index in [0.717, 1.165) is 17.1 Å². The number of anilines is 1. The molecule has 0 unspecified atom stereocenters. The van der Waals surface area contributed by atoms with Gasteiger partial charge in [-0.25, -0.2) is 4.98 Å². The third-order valence-corrected chi connectivity index (χ3v) is 4.79. The molecule has 0 saturated heterocycles. The molecule has 1 amide bonds. The first-order chi connectivity index (χ1) is 11.0. The Labute approximate surface area is 139 Å². The van der Waals surface area contributed by atoms with Crippen LogP contribution in [-0.4, -0.2) is 27.5 Å². The summed E-state index contributed by atoms with van der Waals surface area (Å²) in [6.45, 7) is 4.15. The van der Waals surface area contributed by atoms with Gasteiger partial charge in [0.2, 0.25) is 0 Å². The zero-order chi connectivity index (χ0) is 16.6. The number of hydrogen-bond donors (Lipinski definition) is 0. The van der Waals surface area contributed by atoms with Crippen LogP contribution in [0.3, 0.4) is 0 Å². The first kappa shape index (κ1) is 15.4. The number of imidazole rings is 1. The van der Waals surface area contributed by atoms with Crippen LogP contribution in [0.5, 0.6) is 0 Å². The Hall–Kier alpha value is -2.47. The molecule has 3 heterocycles.